The largest absolute Gasteiger partial charge is 0.382 e. The molecule has 0 amide bonds. The molecule has 0 aliphatic carbocycles. The van der Waals surface area contributed by atoms with Crippen LogP contribution in [0.3, 0.4) is 0 Å². The van der Waals surface area contributed by atoms with Gasteiger partial charge in [-0.25, -0.2) is 0 Å². The Hall–Kier alpha value is -0.160. The monoisotopic (exact) mass is 216 g/mol. The van der Waals surface area contributed by atoms with Crippen LogP contribution in [0.1, 0.15) is 12.8 Å². The highest BCUT2D eigenvalue weighted by molar-refractivity contribution is 4.75. The number of ether oxygens (including phenoxy) is 2. The summed E-state index contributed by atoms with van der Waals surface area (Å²) in [6.07, 6.45) is 2.38. The zero-order valence-corrected chi connectivity index (χ0v) is 9.78. The van der Waals surface area contributed by atoms with E-state index in [0.717, 1.165) is 32.0 Å². The lowest BCUT2D eigenvalue weighted by atomic mass is 10.1. The lowest BCUT2D eigenvalue weighted by Crippen LogP contribution is -2.25. The highest BCUT2D eigenvalue weighted by Gasteiger charge is 2.20. The predicted octanol–water partition coefficient (Wildman–Crippen LogP) is 0.320. The summed E-state index contributed by atoms with van der Waals surface area (Å²) in [6.45, 7) is 6.60. The number of nitrogens with zero attached hydrogens (tertiary/aromatic N) is 1. The average molecular weight is 216 g/mol. The van der Waals surface area contributed by atoms with E-state index in [0.29, 0.717) is 13.2 Å². The summed E-state index contributed by atoms with van der Waals surface area (Å²) < 4.78 is 10.3. The molecular weight excluding hydrogens is 192 g/mol. The van der Waals surface area contributed by atoms with Gasteiger partial charge in [0.05, 0.1) is 13.2 Å². The fraction of sp³-hybridized carbons (Fsp3) is 1.00. The smallest absolute Gasteiger partial charge is 0.0700 e. The van der Waals surface area contributed by atoms with Gasteiger partial charge in [0.15, 0.2) is 0 Å². The molecular formula is C11H24N2O2. The van der Waals surface area contributed by atoms with Crippen LogP contribution in [-0.4, -0.2) is 58.0 Å². The summed E-state index contributed by atoms with van der Waals surface area (Å²) in [4.78, 5) is 2.48. The van der Waals surface area contributed by atoms with Gasteiger partial charge in [-0.3, -0.25) is 0 Å². The van der Waals surface area contributed by atoms with Crippen molar-refractivity contribution in [3.63, 3.8) is 0 Å². The van der Waals surface area contributed by atoms with Crippen molar-refractivity contribution < 1.29 is 9.47 Å². The summed E-state index contributed by atoms with van der Waals surface area (Å²) in [5, 5.41) is 0. The van der Waals surface area contributed by atoms with Crippen LogP contribution in [0.4, 0.5) is 0 Å². The second kappa shape index (κ2) is 8.05. The van der Waals surface area contributed by atoms with Crippen LogP contribution in [0, 0.1) is 5.92 Å². The molecule has 1 rings (SSSR count). The number of hydrogen-bond acceptors (Lipinski definition) is 4. The molecule has 90 valence electrons. The van der Waals surface area contributed by atoms with Gasteiger partial charge >= 0.3 is 0 Å². The minimum atomic E-state index is 0.693. The van der Waals surface area contributed by atoms with Crippen molar-refractivity contribution >= 4 is 0 Å². The molecule has 4 nitrogen and oxygen atoms in total. The van der Waals surface area contributed by atoms with Gasteiger partial charge in [0.1, 0.15) is 0 Å². The van der Waals surface area contributed by atoms with E-state index in [1.165, 1.54) is 19.5 Å². The van der Waals surface area contributed by atoms with Gasteiger partial charge in [-0.15, -0.1) is 0 Å². The maximum absolute atomic E-state index is 5.64. The van der Waals surface area contributed by atoms with E-state index in [1.807, 2.05) is 0 Å². The van der Waals surface area contributed by atoms with Gasteiger partial charge in [-0.2, -0.15) is 0 Å². The molecule has 1 atom stereocenters. The first-order valence-electron chi connectivity index (χ1n) is 5.86. The summed E-state index contributed by atoms with van der Waals surface area (Å²) in [7, 11) is 1.69. The zero-order valence-electron chi connectivity index (χ0n) is 9.78. The number of methoxy groups -OCH3 is 1. The lowest BCUT2D eigenvalue weighted by Gasteiger charge is -2.15. The molecule has 0 aromatic rings. The number of likely N-dealkylation sites (tertiary alicyclic amines) is 1. The van der Waals surface area contributed by atoms with Crippen molar-refractivity contribution in [3.05, 3.63) is 0 Å². The van der Waals surface area contributed by atoms with E-state index < -0.39 is 0 Å². The lowest BCUT2D eigenvalue weighted by molar-refractivity contribution is 0.0661. The summed E-state index contributed by atoms with van der Waals surface area (Å²) in [5.74, 6) is 0.722. The fourth-order valence-corrected chi connectivity index (χ4v) is 1.94. The minimum absolute atomic E-state index is 0.693. The molecule has 0 aromatic heterocycles. The van der Waals surface area contributed by atoms with Crippen molar-refractivity contribution in [3.8, 4) is 0 Å². The van der Waals surface area contributed by atoms with Gasteiger partial charge in [-0.1, -0.05) is 0 Å². The van der Waals surface area contributed by atoms with Crippen molar-refractivity contribution in [1.82, 2.24) is 4.90 Å². The van der Waals surface area contributed by atoms with Gasteiger partial charge in [0.25, 0.3) is 0 Å². The van der Waals surface area contributed by atoms with Crippen molar-refractivity contribution in [2.45, 2.75) is 12.8 Å². The van der Waals surface area contributed by atoms with Crippen LogP contribution in [0.2, 0.25) is 0 Å². The third-order valence-electron chi connectivity index (χ3n) is 2.90. The molecule has 0 radical (unpaired) electrons. The Morgan fingerprint density at radius 3 is 2.87 bits per heavy atom. The molecule has 1 saturated heterocycles. The van der Waals surface area contributed by atoms with E-state index in [4.69, 9.17) is 15.2 Å². The van der Waals surface area contributed by atoms with Crippen LogP contribution in [0.5, 0.6) is 0 Å². The van der Waals surface area contributed by atoms with E-state index in [1.54, 1.807) is 7.11 Å². The first-order valence-corrected chi connectivity index (χ1v) is 5.86. The second-order valence-corrected chi connectivity index (χ2v) is 4.15. The van der Waals surface area contributed by atoms with Gasteiger partial charge in [-0.05, 0) is 31.8 Å². The first-order chi connectivity index (χ1) is 7.36. The standard InChI is InChI=1S/C11H24N2O2/c1-14-7-8-15-6-2-4-13-5-3-11(9-12)10-13/h11H,2-10,12H2,1H3. The normalized spacial score (nSPS) is 22.4. The maximum Gasteiger partial charge on any atom is 0.0700 e. The maximum atomic E-state index is 5.64. The number of rotatable bonds is 8. The summed E-state index contributed by atoms with van der Waals surface area (Å²) in [5.41, 5.74) is 5.64. The molecule has 15 heavy (non-hydrogen) atoms. The Kier molecular flexibility index (Phi) is 6.92. The van der Waals surface area contributed by atoms with Crippen molar-refractivity contribution in [1.29, 1.82) is 0 Å². The third-order valence-corrected chi connectivity index (χ3v) is 2.90. The molecule has 1 fully saturated rings. The van der Waals surface area contributed by atoms with Crippen LogP contribution in [-0.2, 0) is 9.47 Å². The Morgan fingerprint density at radius 2 is 2.20 bits per heavy atom. The Balaban J connectivity index is 1.88. The molecule has 2 N–H and O–H groups in total. The molecule has 1 unspecified atom stereocenters. The quantitative estimate of drug-likeness (QED) is 0.594. The SMILES string of the molecule is COCCOCCCN1CCC(CN)C1. The molecule has 0 spiro atoms. The van der Waals surface area contributed by atoms with Gasteiger partial charge < -0.3 is 20.1 Å². The molecule has 1 heterocycles. The van der Waals surface area contributed by atoms with Crippen LogP contribution in [0.25, 0.3) is 0 Å². The fourth-order valence-electron chi connectivity index (χ4n) is 1.94. The van der Waals surface area contributed by atoms with Gasteiger partial charge in [0, 0.05) is 26.8 Å². The Morgan fingerprint density at radius 1 is 1.33 bits per heavy atom. The van der Waals surface area contributed by atoms with Gasteiger partial charge in [0.2, 0.25) is 0 Å². The number of nitrogens with two attached hydrogens (primary N) is 1. The minimum Gasteiger partial charge on any atom is -0.382 e. The predicted molar refractivity (Wildman–Crippen MR) is 60.9 cm³/mol. The van der Waals surface area contributed by atoms with Crippen LogP contribution in [0.15, 0.2) is 0 Å². The zero-order chi connectivity index (χ0) is 10.9. The molecule has 0 aromatic carbocycles. The van der Waals surface area contributed by atoms with Crippen molar-refractivity contribution in [2.24, 2.45) is 11.7 Å². The molecule has 1 aliphatic heterocycles. The molecule has 0 bridgehead atoms. The molecule has 4 heteroatoms. The second-order valence-electron chi connectivity index (χ2n) is 4.15. The summed E-state index contributed by atoms with van der Waals surface area (Å²) in [6, 6.07) is 0. The van der Waals surface area contributed by atoms with E-state index in [-0.39, 0.29) is 0 Å². The van der Waals surface area contributed by atoms with Crippen LogP contribution < -0.4 is 5.73 Å². The van der Waals surface area contributed by atoms with E-state index in [9.17, 15) is 0 Å². The third kappa shape index (κ3) is 5.47. The highest BCUT2D eigenvalue weighted by Crippen LogP contribution is 2.14. The molecule has 1 aliphatic rings. The number of hydrogen-bond donors (Lipinski definition) is 1. The highest BCUT2D eigenvalue weighted by atomic mass is 16.5. The Labute approximate surface area is 92.7 Å². The van der Waals surface area contributed by atoms with E-state index >= 15 is 0 Å². The van der Waals surface area contributed by atoms with Crippen LogP contribution >= 0.6 is 0 Å². The summed E-state index contributed by atoms with van der Waals surface area (Å²) >= 11 is 0. The molecule has 0 saturated carbocycles. The van der Waals surface area contributed by atoms with Crippen molar-refractivity contribution in [2.75, 3.05) is 53.1 Å². The average Bonchev–Trinajstić information content (AvgIpc) is 2.71. The van der Waals surface area contributed by atoms with E-state index in [2.05, 4.69) is 4.90 Å². The Bertz CT molecular complexity index is 156. The topological polar surface area (TPSA) is 47.7 Å². The first kappa shape index (κ1) is 12.9.